The Labute approximate surface area is 126 Å². The standard InChI is InChI=1S/C14H19Br2NO/c1-9(2)6-12(8-15)17-14(18)11-5-4-10(3)13(16)7-11/h4-5,7,9,12H,6,8H2,1-3H3,(H,17,18). The summed E-state index contributed by atoms with van der Waals surface area (Å²) < 4.78 is 0.967. The highest BCUT2D eigenvalue weighted by Gasteiger charge is 2.14. The van der Waals surface area contributed by atoms with Gasteiger partial charge in [-0.05, 0) is 37.0 Å². The van der Waals surface area contributed by atoms with E-state index in [-0.39, 0.29) is 11.9 Å². The average molecular weight is 377 g/mol. The van der Waals surface area contributed by atoms with Crippen LogP contribution in [0.3, 0.4) is 0 Å². The molecule has 0 bridgehead atoms. The van der Waals surface area contributed by atoms with Crippen molar-refractivity contribution in [3.8, 4) is 0 Å². The van der Waals surface area contributed by atoms with Gasteiger partial charge in [0.25, 0.3) is 5.91 Å². The molecule has 4 heteroatoms. The molecular weight excluding hydrogens is 358 g/mol. The molecule has 1 N–H and O–H groups in total. The number of hydrogen-bond acceptors (Lipinski definition) is 1. The number of carbonyl (C=O) groups is 1. The Morgan fingerprint density at radius 3 is 2.56 bits per heavy atom. The zero-order valence-electron chi connectivity index (χ0n) is 11.0. The number of nitrogens with one attached hydrogen (secondary N) is 1. The van der Waals surface area contributed by atoms with Crippen LogP contribution in [0.5, 0.6) is 0 Å². The molecule has 2 nitrogen and oxygen atoms in total. The number of hydrogen-bond donors (Lipinski definition) is 1. The van der Waals surface area contributed by atoms with E-state index in [4.69, 9.17) is 0 Å². The lowest BCUT2D eigenvalue weighted by Gasteiger charge is -2.18. The summed E-state index contributed by atoms with van der Waals surface area (Å²) in [5.41, 5.74) is 1.83. The van der Waals surface area contributed by atoms with Crippen LogP contribution in [0.4, 0.5) is 0 Å². The van der Waals surface area contributed by atoms with Crippen molar-refractivity contribution in [3.05, 3.63) is 33.8 Å². The number of rotatable bonds is 5. The summed E-state index contributed by atoms with van der Waals surface area (Å²) in [5.74, 6) is 0.554. The summed E-state index contributed by atoms with van der Waals surface area (Å²) in [6.45, 7) is 6.32. The fourth-order valence-electron chi connectivity index (χ4n) is 1.73. The lowest BCUT2D eigenvalue weighted by Crippen LogP contribution is -2.37. The summed E-state index contributed by atoms with van der Waals surface area (Å²) in [6, 6.07) is 5.85. The van der Waals surface area contributed by atoms with Crippen molar-refractivity contribution >= 4 is 37.8 Å². The van der Waals surface area contributed by atoms with Gasteiger partial charge in [-0.3, -0.25) is 4.79 Å². The molecule has 0 saturated carbocycles. The minimum Gasteiger partial charge on any atom is -0.348 e. The molecule has 1 unspecified atom stereocenters. The first-order chi connectivity index (χ1) is 8.43. The van der Waals surface area contributed by atoms with Crippen LogP contribution in [0.1, 0.15) is 36.2 Å². The Hall–Kier alpha value is -0.350. The van der Waals surface area contributed by atoms with Crippen LogP contribution in [0, 0.1) is 12.8 Å². The lowest BCUT2D eigenvalue weighted by molar-refractivity contribution is 0.0937. The minimum atomic E-state index is -0.0131. The van der Waals surface area contributed by atoms with Crippen LogP contribution >= 0.6 is 31.9 Å². The van der Waals surface area contributed by atoms with Crippen LogP contribution in [0.25, 0.3) is 0 Å². The van der Waals surface area contributed by atoms with Gasteiger partial charge in [0.15, 0.2) is 0 Å². The molecule has 0 aromatic heterocycles. The molecule has 0 fully saturated rings. The molecule has 0 heterocycles. The van der Waals surface area contributed by atoms with E-state index in [0.717, 1.165) is 21.8 Å². The first-order valence-electron chi connectivity index (χ1n) is 6.07. The van der Waals surface area contributed by atoms with E-state index in [1.54, 1.807) is 0 Å². The third kappa shape index (κ3) is 4.73. The van der Waals surface area contributed by atoms with E-state index in [2.05, 4.69) is 51.0 Å². The van der Waals surface area contributed by atoms with Gasteiger partial charge in [-0.2, -0.15) is 0 Å². The second-order valence-electron chi connectivity index (χ2n) is 4.92. The van der Waals surface area contributed by atoms with E-state index in [1.165, 1.54) is 0 Å². The number of aryl methyl sites for hydroxylation is 1. The van der Waals surface area contributed by atoms with E-state index < -0.39 is 0 Å². The van der Waals surface area contributed by atoms with Crippen molar-refractivity contribution in [1.82, 2.24) is 5.32 Å². The number of benzene rings is 1. The largest absolute Gasteiger partial charge is 0.348 e. The lowest BCUT2D eigenvalue weighted by atomic mass is 10.0. The molecule has 18 heavy (non-hydrogen) atoms. The number of alkyl halides is 1. The summed E-state index contributed by atoms with van der Waals surface area (Å²) >= 11 is 6.90. The van der Waals surface area contributed by atoms with Gasteiger partial charge in [-0.1, -0.05) is 51.8 Å². The molecule has 1 amide bonds. The predicted molar refractivity (Wildman–Crippen MR) is 83.4 cm³/mol. The topological polar surface area (TPSA) is 29.1 Å². The Bertz CT molecular complexity index is 418. The maximum atomic E-state index is 12.1. The van der Waals surface area contributed by atoms with Gasteiger partial charge < -0.3 is 5.32 Å². The Kier molecular flexibility index (Phi) is 6.36. The zero-order chi connectivity index (χ0) is 13.7. The molecule has 1 aromatic carbocycles. The summed E-state index contributed by atoms with van der Waals surface area (Å²) in [4.78, 5) is 12.1. The minimum absolute atomic E-state index is 0.0131. The van der Waals surface area contributed by atoms with Crippen molar-refractivity contribution in [3.63, 3.8) is 0 Å². The highest BCUT2D eigenvalue weighted by Crippen LogP contribution is 2.18. The normalized spacial score (nSPS) is 12.6. The molecule has 1 aromatic rings. The van der Waals surface area contributed by atoms with Crippen LogP contribution < -0.4 is 5.32 Å². The molecule has 0 aliphatic heterocycles. The smallest absolute Gasteiger partial charge is 0.251 e. The Morgan fingerprint density at radius 1 is 1.39 bits per heavy atom. The van der Waals surface area contributed by atoms with Crippen LogP contribution in [-0.2, 0) is 0 Å². The first-order valence-corrected chi connectivity index (χ1v) is 7.98. The number of amides is 1. The van der Waals surface area contributed by atoms with Crippen molar-refractivity contribution < 1.29 is 4.79 Å². The van der Waals surface area contributed by atoms with Gasteiger partial charge >= 0.3 is 0 Å². The zero-order valence-corrected chi connectivity index (χ0v) is 14.1. The molecule has 0 radical (unpaired) electrons. The van der Waals surface area contributed by atoms with Gasteiger partial charge in [0.05, 0.1) is 0 Å². The van der Waals surface area contributed by atoms with Gasteiger partial charge in [-0.25, -0.2) is 0 Å². The second-order valence-corrected chi connectivity index (χ2v) is 6.42. The van der Waals surface area contributed by atoms with Crippen molar-refractivity contribution in [1.29, 1.82) is 0 Å². The second kappa shape index (κ2) is 7.29. The third-order valence-corrected chi connectivity index (χ3v) is 4.35. The van der Waals surface area contributed by atoms with E-state index in [9.17, 15) is 4.79 Å². The summed E-state index contributed by atoms with van der Waals surface area (Å²) in [5, 5.41) is 3.84. The predicted octanol–water partition coefficient (Wildman–Crippen LogP) is 4.30. The fourth-order valence-corrected chi connectivity index (χ4v) is 2.54. The number of carbonyl (C=O) groups excluding carboxylic acids is 1. The van der Waals surface area contributed by atoms with Crippen LogP contribution in [0.2, 0.25) is 0 Å². The molecule has 0 aliphatic carbocycles. The Balaban J connectivity index is 2.71. The average Bonchev–Trinajstić information content (AvgIpc) is 2.31. The molecular formula is C14H19Br2NO. The Morgan fingerprint density at radius 2 is 2.06 bits per heavy atom. The van der Waals surface area contributed by atoms with Crippen molar-refractivity contribution in [2.75, 3.05) is 5.33 Å². The maximum absolute atomic E-state index is 12.1. The van der Waals surface area contributed by atoms with Gasteiger partial charge in [0, 0.05) is 21.4 Å². The molecule has 1 atom stereocenters. The summed E-state index contributed by atoms with van der Waals surface area (Å²) in [7, 11) is 0. The SMILES string of the molecule is Cc1ccc(C(=O)NC(CBr)CC(C)C)cc1Br. The molecule has 1 rings (SSSR count). The number of halogens is 2. The molecule has 0 aliphatic rings. The van der Waals surface area contributed by atoms with Crippen LogP contribution in [-0.4, -0.2) is 17.3 Å². The first kappa shape index (κ1) is 15.7. The summed E-state index contributed by atoms with van der Waals surface area (Å²) in [6.07, 6.45) is 0.976. The third-order valence-electron chi connectivity index (χ3n) is 2.71. The van der Waals surface area contributed by atoms with E-state index in [0.29, 0.717) is 11.5 Å². The highest BCUT2D eigenvalue weighted by atomic mass is 79.9. The van der Waals surface area contributed by atoms with Crippen molar-refractivity contribution in [2.45, 2.75) is 33.2 Å². The van der Waals surface area contributed by atoms with Crippen LogP contribution in [0.15, 0.2) is 22.7 Å². The van der Waals surface area contributed by atoms with E-state index >= 15 is 0 Å². The maximum Gasteiger partial charge on any atom is 0.251 e. The molecule has 100 valence electrons. The monoisotopic (exact) mass is 375 g/mol. The van der Waals surface area contributed by atoms with Crippen molar-refractivity contribution in [2.24, 2.45) is 5.92 Å². The van der Waals surface area contributed by atoms with Gasteiger partial charge in [0.2, 0.25) is 0 Å². The molecule has 0 spiro atoms. The van der Waals surface area contributed by atoms with Gasteiger partial charge in [-0.15, -0.1) is 0 Å². The molecule has 0 saturated heterocycles. The highest BCUT2D eigenvalue weighted by molar-refractivity contribution is 9.10. The fraction of sp³-hybridized carbons (Fsp3) is 0.500. The van der Waals surface area contributed by atoms with E-state index in [1.807, 2.05) is 25.1 Å². The van der Waals surface area contributed by atoms with Gasteiger partial charge in [0.1, 0.15) is 0 Å². The quantitative estimate of drug-likeness (QED) is 0.762.